The summed E-state index contributed by atoms with van der Waals surface area (Å²) in [6, 6.07) is 7.45. The average Bonchev–Trinajstić information content (AvgIpc) is 2.83. The van der Waals surface area contributed by atoms with E-state index in [9.17, 15) is 9.59 Å². The molecule has 3 aromatic rings. The van der Waals surface area contributed by atoms with E-state index in [1.807, 2.05) is 32.0 Å². The van der Waals surface area contributed by atoms with E-state index in [2.05, 4.69) is 25.3 Å². The van der Waals surface area contributed by atoms with Crippen LogP contribution >= 0.6 is 0 Å². The van der Waals surface area contributed by atoms with Crippen molar-refractivity contribution in [2.75, 3.05) is 26.7 Å². The number of pyridine rings is 2. The summed E-state index contributed by atoms with van der Waals surface area (Å²) in [5.74, 6) is 0.295. The van der Waals surface area contributed by atoms with Crippen LogP contribution in [-0.4, -0.2) is 63.4 Å². The molecule has 9 heteroatoms. The summed E-state index contributed by atoms with van der Waals surface area (Å²) >= 11 is 0. The SMILES string of the molecule is CNC(=O)c1ccc(-c2cc(C)nc(C3CN(C(=O)c4cnc(C)nc4C)CCO3)c2)cn1. The number of amides is 2. The molecule has 0 bridgehead atoms. The van der Waals surface area contributed by atoms with Crippen LogP contribution in [0.15, 0.2) is 36.7 Å². The van der Waals surface area contributed by atoms with E-state index in [1.54, 1.807) is 37.3 Å². The fourth-order valence-corrected chi connectivity index (χ4v) is 3.83. The highest BCUT2D eigenvalue weighted by molar-refractivity contribution is 5.95. The molecule has 1 N–H and O–H groups in total. The molecule has 4 rings (SSSR count). The van der Waals surface area contributed by atoms with Gasteiger partial charge in [-0.25, -0.2) is 9.97 Å². The lowest BCUT2D eigenvalue weighted by Crippen LogP contribution is -2.42. The predicted octanol–water partition coefficient (Wildman–Crippen LogP) is 2.43. The van der Waals surface area contributed by atoms with Crippen LogP contribution in [0.4, 0.5) is 0 Å². The Morgan fingerprint density at radius 2 is 1.88 bits per heavy atom. The number of carbonyl (C=O) groups excluding carboxylic acids is 2. The summed E-state index contributed by atoms with van der Waals surface area (Å²) in [5, 5.41) is 2.56. The topological polar surface area (TPSA) is 110 Å². The van der Waals surface area contributed by atoms with Gasteiger partial charge in [0.2, 0.25) is 0 Å². The van der Waals surface area contributed by atoms with Crippen molar-refractivity contribution >= 4 is 11.8 Å². The lowest BCUT2D eigenvalue weighted by molar-refractivity contribution is -0.0248. The summed E-state index contributed by atoms with van der Waals surface area (Å²) in [6.45, 7) is 6.82. The van der Waals surface area contributed by atoms with Crippen molar-refractivity contribution in [3.05, 3.63) is 70.8 Å². The van der Waals surface area contributed by atoms with Gasteiger partial charge in [-0.3, -0.25) is 19.6 Å². The second kappa shape index (κ2) is 9.41. The Morgan fingerprint density at radius 1 is 1.06 bits per heavy atom. The molecule has 0 radical (unpaired) electrons. The highest BCUT2D eigenvalue weighted by atomic mass is 16.5. The third-order valence-corrected chi connectivity index (χ3v) is 5.54. The van der Waals surface area contributed by atoms with Crippen LogP contribution in [0.25, 0.3) is 11.1 Å². The Balaban J connectivity index is 1.57. The summed E-state index contributed by atoms with van der Waals surface area (Å²) in [6.07, 6.45) is 2.90. The molecule has 1 fully saturated rings. The van der Waals surface area contributed by atoms with Gasteiger partial charge in [0.25, 0.3) is 11.8 Å². The summed E-state index contributed by atoms with van der Waals surface area (Å²) in [7, 11) is 1.57. The second-order valence-corrected chi connectivity index (χ2v) is 7.96. The van der Waals surface area contributed by atoms with Gasteiger partial charge in [-0.05, 0) is 44.5 Å². The van der Waals surface area contributed by atoms with E-state index in [4.69, 9.17) is 4.74 Å². The normalized spacial score (nSPS) is 15.9. The Hall–Kier alpha value is -3.72. The van der Waals surface area contributed by atoms with Crippen molar-refractivity contribution in [1.82, 2.24) is 30.2 Å². The van der Waals surface area contributed by atoms with Gasteiger partial charge in [0.1, 0.15) is 17.6 Å². The number of nitrogens with one attached hydrogen (secondary N) is 1. The molecule has 170 valence electrons. The number of aromatic nitrogens is 4. The summed E-state index contributed by atoms with van der Waals surface area (Å²) in [5.41, 5.74) is 4.88. The van der Waals surface area contributed by atoms with Crippen LogP contribution in [0.3, 0.4) is 0 Å². The van der Waals surface area contributed by atoms with Crippen LogP contribution in [-0.2, 0) is 4.74 Å². The number of nitrogens with zero attached hydrogens (tertiary/aromatic N) is 5. The zero-order valence-electron chi connectivity index (χ0n) is 19.1. The minimum Gasteiger partial charge on any atom is -0.368 e. The number of rotatable bonds is 4. The van der Waals surface area contributed by atoms with Gasteiger partial charge in [-0.15, -0.1) is 0 Å². The molecule has 0 aliphatic carbocycles. The number of ether oxygens (including phenoxy) is 1. The highest BCUT2D eigenvalue weighted by Gasteiger charge is 2.28. The largest absolute Gasteiger partial charge is 0.368 e. The zero-order valence-corrected chi connectivity index (χ0v) is 19.1. The molecule has 0 spiro atoms. The minimum atomic E-state index is -0.355. The monoisotopic (exact) mass is 446 g/mol. The second-order valence-electron chi connectivity index (χ2n) is 7.96. The molecule has 2 amide bonds. The quantitative estimate of drug-likeness (QED) is 0.655. The van der Waals surface area contributed by atoms with Crippen LogP contribution in [0.1, 0.15) is 49.9 Å². The van der Waals surface area contributed by atoms with Crippen LogP contribution < -0.4 is 5.32 Å². The molecule has 9 nitrogen and oxygen atoms in total. The van der Waals surface area contributed by atoms with Gasteiger partial charge in [-0.1, -0.05) is 6.07 Å². The van der Waals surface area contributed by atoms with Crippen molar-refractivity contribution < 1.29 is 14.3 Å². The van der Waals surface area contributed by atoms with E-state index in [0.29, 0.717) is 42.5 Å². The first kappa shape index (κ1) is 22.5. The molecule has 33 heavy (non-hydrogen) atoms. The summed E-state index contributed by atoms with van der Waals surface area (Å²) < 4.78 is 5.98. The fraction of sp³-hybridized carbons (Fsp3) is 0.333. The Labute approximate surface area is 192 Å². The van der Waals surface area contributed by atoms with Gasteiger partial charge < -0.3 is 15.0 Å². The number of hydrogen-bond donors (Lipinski definition) is 1. The van der Waals surface area contributed by atoms with Gasteiger partial charge in [0.05, 0.1) is 30.1 Å². The molecule has 0 saturated carbocycles. The summed E-state index contributed by atoms with van der Waals surface area (Å²) in [4.78, 5) is 44.0. The van der Waals surface area contributed by atoms with Crippen molar-refractivity contribution in [3.8, 4) is 11.1 Å². The zero-order chi connectivity index (χ0) is 23.5. The third kappa shape index (κ3) is 4.88. The van der Waals surface area contributed by atoms with E-state index in [-0.39, 0.29) is 17.9 Å². The first-order valence-corrected chi connectivity index (χ1v) is 10.7. The lowest BCUT2D eigenvalue weighted by atomic mass is 10.0. The van der Waals surface area contributed by atoms with Crippen LogP contribution in [0.2, 0.25) is 0 Å². The van der Waals surface area contributed by atoms with Gasteiger partial charge in [0.15, 0.2) is 0 Å². The Bertz CT molecular complexity index is 1200. The fourth-order valence-electron chi connectivity index (χ4n) is 3.83. The number of morpholine rings is 1. The molecule has 4 heterocycles. The molecular formula is C24H26N6O3. The van der Waals surface area contributed by atoms with Crippen LogP contribution in [0.5, 0.6) is 0 Å². The Kier molecular flexibility index (Phi) is 6.41. The van der Waals surface area contributed by atoms with Gasteiger partial charge >= 0.3 is 0 Å². The van der Waals surface area contributed by atoms with Crippen molar-refractivity contribution in [3.63, 3.8) is 0 Å². The maximum atomic E-state index is 13.1. The number of carbonyl (C=O) groups is 2. The van der Waals surface area contributed by atoms with E-state index in [1.165, 1.54) is 0 Å². The van der Waals surface area contributed by atoms with E-state index >= 15 is 0 Å². The van der Waals surface area contributed by atoms with Crippen molar-refractivity contribution in [2.45, 2.75) is 26.9 Å². The van der Waals surface area contributed by atoms with E-state index < -0.39 is 0 Å². The lowest BCUT2D eigenvalue weighted by Gasteiger charge is -2.33. The predicted molar refractivity (Wildman–Crippen MR) is 122 cm³/mol. The molecule has 1 saturated heterocycles. The minimum absolute atomic E-state index is 0.109. The number of hydrogen-bond acceptors (Lipinski definition) is 7. The first-order valence-electron chi connectivity index (χ1n) is 10.7. The highest BCUT2D eigenvalue weighted by Crippen LogP contribution is 2.27. The molecule has 1 unspecified atom stereocenters. The maximum Gasteiger partial charge on any atom is 0.269 e. The maximum absolute atomic E-state index is 13.1. The van der Waals surface area contributed by atoms with Gasteiger partial charge in [-0.2, -0.15) is 0 Å². The smallest absolute Gasteiger partial charge is 0.269 e. The molecule has 1 aliphatic rings. The molecule has 3 aromatic heterocycles. The molecular weight excluding hydrogens is 420 g/mol. The van der Waals surface area contributed by atoms with E-state index in [0.717, 1.165) is 22.5 Å². The molecule has 0 aromatic carbocycles. The van der Waals surface area contributed by atoms with Crippen molar-refractivity contribution in [1.29, 1.82) is 0 Å². The molecule has 1 aliphatic heterocycles. The van der Waals surface area contributed by atoms with Crippen LogP contribution in [0, 0.1) is 20.8 Å². The number of aryl methyl sites for hydroxylation is 3. The van der Waals surface area contributed by atoms with Gasteiger partial charge in [0, 0.05) is 37.2 Å². The van der Waals surface area contributed by atoms with Crippen molar-refractivity contribution in [2.24, 2.45) is 0 Å². The molecule has 1 atom stereocenters. The first-order chi connectivity index (χ1) is 15.9. The standard InChI is InChI=1S/C24H26N6O3/c1-14-9-18(17-5-6-20(27-11-17)23(31)25-4)10-21(28-14)22-13-30(7-8-33-22)24(32)19-12-26-16(3)29-15(19)2/h5-6,9-12,22H,7-8,13H2,1-4H3,(H,25,31). The average molecular weight is 447 g/mol. The Morgan fingerprint density at radius 3 is 2.58 bits per heavy atom. The third-order valence-electron chi connectivity index (χ3n) is 5.54.